The molecule has 1 aromatic rings. The second kappa shape index (κ2) is 6.52. The van der Waals surface area contributed by atoms with Crippen LogP contribution in [0.1, 0.15) is 6.42 Å². The minimum Gasteiger partial charge on any atom is -0.491 e. The van der Waals surface area contributed by atoms with Crippen LogP contribution in [0.2, 0.25) is 10.0 Å². The minimum absolute atomic E-state index is 0.0873. The van der Waals surface area contributed by atoms with Crippen molar-refractivity contribution in [2.75, 3.05) is 31.7 Å². The summed E-state index contributed by atoms with van der Waals surface area (Å²) in [5.41, 5.74) is 0. The van der Waals surface area contributed by atoms with Gasteiger partial charge in [-0.1, -0.05) is 23.2 Å². The fourth-order valence-corrected chi connectivity index (χ4v) is 4.47. The third-order valence-corrected chi connectivity index (χ3v) is 5.71. The molecule has 0 spiro atoms. The molecule has 0 bridgehead atoms. The van der Waals surface area contributed by atoms with Crippen LogP contribution in [0.15, 0.2) is 18.2 Å². The highest BCUT2D eigenvalue weighted by molar-refractivity contribution is 7.91. The monoisotopic (exact) mass is 337 g/mol. The molecule has 2 rings (SSSR count). The maximum atomic E-state index is 11.4. The first-order chi connectivity index (χ1) is 9.37. The molecule has 1 heterocycles. The van der Waals surface area contributed by atoms with Crippen LogP contribution in [-0.4, -0.2) is 51.1 Å². The summed E-state index contributed by atoms with van der Waals surface area (Å²) in [6.45, 7) is 1.10. The highest BCUT2D eigenvalue weighted by Gasteiger charge is 2.30. The maximum Gasteiger partial charge on any atom is 0.151 e. The van der Waals surface area contributed by atoms with Gasteiger partial charge in [0.15, 0.2) is 9.84 Å². The van der Waals surface area contributed by atoms with Gasteiger partial charge in [0.2, 0.25) is 0 Å². The smallest absolute Gasteiger partial charge is 0.151 e. The molecule has 4 nitrogen and oxygen atoms in total. The van der Waals surface area contributed by atoms with Crippen LogP contribution in [0.5, 0.6) is 5.75 Å². The van der Waals surface area contributed by atoms with Crippen molar-refractivity contribution in [3.63, 3.8) is 0 Å². The Balaban J connectivity index is 1.81. The van der Waals surface area contributed by atoms with E-state index in [1.54, 1.807) is 18.2 Å². The Labute approximate surface area is 129 Å². The predicted octanol–water partition coefficient (Wildman–Crippen LogP) is 2.49. The van der Waals surface area contributed by atoms with E-state index in [4.69, 9.17) is 27.9 Å². The van der Waals surface area contributed by atoms with Crippen LogP contribution in [-0.2, 0) is 9.84 Å². The molecule has 0 aliphatic carbocycles. The molecular weight excluding hydrogens is 321 g/mol. The van der Waals surface area contributed by atoms with Crippen LogP contribution < -0.4 is 4.74 Å². The number of sulfone groups is 1. The number of ether oxygens (including phenoxy) is 1. The van der Waals surface area contributed by atoms with Crippen molar-refractivity contribution in [3.8, 4) is 5.75 Å². The number of hydrogen-bond donors (Lipinski definition) is 0. The number of hydrogen-bond acceptors (Lipinski definition) is 4. The van der Waals surface area contributed by atoms with Gasteiger partial charge in [0, 0.05) is 17.6 Å². The normalized spacial score (nSPS) is 21.3. The van der Waals surface area contributed by atoms with E-state index < -0.39 is 9.84 Å². The van der Waals surface area contributed by atoms with Gasteiger partial charge in [-0.05, 0) is 31.7 Å². The van der Waals surface area contributed by atoms with Gasteiger partial charge in [-0.2, -0.15) is 0 Å². The molecule has 1 fully saturated rings. The molecule has 0 N–H and O–H groups in total. The molecule has 0 saturated carbocycles. The summed E-state index contributed by atoms with van der Waals surface area (Å²) in [6, 6.07) is 5.16. The zero-order valence-corrected chi connectivity index (χ0v) is 13.5. The lowest BCUT2D eigenvalue weighted by Gasteiger charge is -2.23. The summed E-state index contributed by atoms with van der Waals surface area (Å²) in [5, 5.41) is 1.04. The molecule has 0 unspecified atom stereocenters. The van der Waals surface area contributed by atoms with E-state index in [1.807, 2.05) is 11.9 Å². The first-order valence-corrected chi connectivity index (χ1v) is 8.93. The van der Waals surface area contributed by atoms with Crippen LogP contribution in [0, 0.1) is 0 Å². The van der Waals surface area contributed by atoms with Gasteiger partial charge in [-0.25, -0.2) is 8.42 Å². The molecule has 0 aromatic heterocycles. The molecule has 1 saturated heterocycles. The Morgan fingerprint density at radius 2 is 2.15 bits per heavy atom. The fraction of sp³-hybridized carbons (Fsp3) is 0.538. The zero-order chi connectivity index (χ0) is 14.8. The van der Waals surface area contributed by atoms with Crippen LogP contribution in [0.25, 0.3) is 0 Å². The molecule has 1 aromatic carbocycles. The molecule has 1 aliphatic heterocycles. The number of rotatable bonds is 5. The number of likely N-dealkylation sites (N-methyl/N-ethyl adjacent to an activating group) is 1. The lowest BCUT2D eigenvalue weighted by molar-refractivity contribution is 0.202. The van der Waals surface area contributed by atoms with E-state index in [-0.39, 0.29) is 17.5 Å². The lowest BCUT2D eigenvalue weighted by atomic mass is 10.2. The molecule has 1 aliphatic rings. The second-order valence-electron chi connectivity index (χ2n) is 4.96. The fourth-order valence-electron chi connectivity index (χ4n) is 2.20. The van der Waals surface area contributed by atoms with Crippen molar-refractivity contribution in [1.29, 1.82) is 0 Å². The Kier molecular flexibility index (Phi) is 5.18. The third-order valence-electron chi connectivity index (χ3n) is 3.43. The number of halogens is 2. The van der Waals surface area contributed by atoms with Crippen LogP contribution >= 0.6 is 23.2 Å². The highest BCUT2D eigenvalue weighted by Crippen LogP contribution is 2.27. The van der Waals surface area contributed by atoms with Crippen molar-refractivity contribution >= 4 is 33.0 Å². The largest absolute Gasteiger partial charge is 0.491 e. The quantitative estimate of drug-likeness (QED) is 0.828. The summed E-state index contributed by atoms with van der Waals surface area (Å²) in [4.78, 5) is 2.02. The first-order valence-electron chi connectivity index (χ1n) is 6.36. The number of benzene rings is 1. The van der Waals surface area contributed by atoms with Crippen molar-refractivity contribution in [2.24, 2.45) is 0 Å². The molecule has 20 heavy (non-hydrogen) atoms. The Hall–Kier alpha value is -0.490. The van der Waals surface area contributed by atoms with E-state index in [0.29, 0.717) is 35.4 Å². The average Bonchev–Trinajstić information content (AvgIpc) is 2.72. The topological polar surface area (TPSA) is 46.6 Å². The predicted molar refractivity (Wildman–Crippen MR) is 81.6 cm³/mol. The molecular formula is C13H17Cl2NO3S. The molecule has 112 valence electrons. The zero-order valence-electron chi connectivity index (χ0n) is 11.2. The van der Waals surface area contributed by atoms with Crippen LogP contribution in [0.3, 0.4) is 0 Å². The van der Waals surface area contributed by atoms with Gasteiger partial charge in [0.25, 0.3) is 0 Å². The van der Waals surface area contributed by atoms with Crippen molar-refractivity contribution in [1.82, 2.24) is 4.90 Å². The van der Waals surface area contributed by atoms with Gasteiger partial charge in [-0.3, -0.25) is 4.90 Å². The van der Waals surface area contributed by atoms with Gasteiger partial charge < -0.3 is 4.74 Å². The van der Waals surface area contributed by atoms with E-state index in [2.05, 4.69) is 0 Å². The summed E-state index contributed by atoms with van der Waals surface area (Å²) < 4.78 is 28.5. The van der Waals surface area contributed by atoms with Crippen LogP contribution in [0.4, 0.5) is 0 Å². The van der Waals surface area contributed by atoms with Crippen molar-refractivity contribution < 1.29 is 13.2 Å². The van der Waals surface area contributed by atoms with Gasteiger partial charge >= 0.3 is 0 Å². The average molecular weight is 338 g/mol. The summed E-state index contributed by atoms with van der Waals surface area (Å²) in [5.74, 6) is 1.11. The third kappa shape index (κ3) is 4.25. The molecule has 7 heteroatoms. The van der Waals surface area contributed by atoms with E-state index in [1.165, 1.54) is 0 Å². The number of nitrogens with zero attached hydrogens (tertiary/aromatic N) is 1. The second-order valence-corrected chi connectivity index (χ2v) is 8.03. The van der Waals surface area contributed by atoms with E-state index in [9.17, 15) is 8.42 Å². The standard InChI is InChI=1S/C13H17Cl2NO3S/c1-16(11-4-7-20(17,18)9-11)5-6-19-13-3-2-10(14)8-12(13)15/h2-3,8,11H,4-7,9H2,1H3/t11-/m1/s1. The summed E-state index contributed by atoms with van der Waals surface area (Å²) in [6.07, 6.45) is 0.695. The van der Waals surface area contributed by atoms with Gasteiger partial charge in [0.05, 0.1) is 16.5 Å². The molecule has 1 atom stereocenters. The summed E-state index contributed by atoms with van der Waals surface area (Å²) >= 11 is 11.8. The first kappa shape index (κ1) is 15.9. The van der Waals surface area contributed by atoms with Crippen molar-refractivity contribution in [2.45, 2.75) is 12.5 Å². The molecule has 0 radical (unpaired) electrons. The van der Waals surface area contributed by atoms with Gasteiger partial charge in [-0.15, -0.1) is 0 Å². The SMILES string of the molecule is CN(CCOc1ccc(Cl)cc1Cl)[C@@H]1CCS(=O)(=O)C1. The molecule has 0 amide bonds. The summed E-state index contributed by atoms with van der Waals surface area (Å²) in [7, 11) is -0.932. The van der Waals surface area contributed by atoms with Crippen molar-refractivity contribution in [3.05, 3.63) is 28.2 Å². The van der Waals surface area contributed by atoms with E-state index >= 15 is 0 Å². The van der Waals surface area contributed by atoms with E-state index in [0.717, 1.165) is 0 Å². The Bertz CT molecular complexity index is 577. The lowest BCUT2D eigenvalue weighted by Crippen LogP contribution is -2.35. The maximum absolute atomic E-state index is 11.4. The highest BCUT2D eigenvalue weighted by atomic mass is 35.5. The Morgan fingerprint density at radius 3 is 2.75 bits per heavy atom. The minimum atomic E-state index is -2.85. The van der Waals surface area contributed by atoms with Gasteiger partial charge in [0.1, 0.15) is 12.4 Å². The Morgan fingerprint density at radius 1 is 1.40 bits per heavy atom.